The molecule has 5 N–H and O–H groups in total. The molecule has 0 unspecified atom stereocenters. The quantitative estimate of drug-likeness (QED) is 0.310. The Kier molecular flexibility index (Phi) is 7.43. The summed E-state index contributed by atoms with van der Waals surface area (Å²) >= 11 is 0. The van der Waals surface area contributed by atoms with Gasteiger partial charge in [0.05, 0.1) is 42.4 Å². The van der Waals surface area contributed by atoms with E-state index in [1.807, 2.05) is 4.90 Å². The van der Waals surface area contributed by atoms with Gasteiger partial charge >= 0.3 is 0 Å². The first kappa shape index (κ1) is 26.1. The number of carbonyl (C=O) groups is 2. The molecule has 5 rings (SSSR count). The summed E-state index contributed by atoms with van der Waals surface area (Å²) in [4.78, 5) is 38.7. The molecule has 39 heavy (non-hydrogen) atoms. The van der Waals surface area contributed by atoms with Crippen LogP contribution < -0.4 is 21.7 Å². The summed E-state index contributed by atoms with van der Waals surface area (Å²) in [6.07, 6.45) is -3.12. The Morgan fingerprint density at radius 1 is 1.03 bits per heavy atom. The van der Waals surface area contributed by atoms with Gasteiger partial charge in [0.2, 0.25) is 17.8 Å². The lowest BCUT2D eigenvalue weighted by Gasteiger charge is -2.28. The number of nitrogens with one attached hydrogen (secondary N) is 1. The first-order valence-electron chi connectivity index (χ1n) is 12.2. The molecule has 3 heterocycles. The lowest BCUT2D eigenvalue weighted by Crippen LogP contribution is -2.38. The van der Waals surface area contributed by atoms with E-state index in [-0.39, 0.29) is 12.4 Å². The van der Waals surface area contributed by atoms with Crippen molar-refractivity contribution >= 4 is 34.4 Å². The number of para-hydroxylation sites is 2. The average Bonchev–Trinajstić information content (AvgIpc) is 3.33. The smallest absolute Gasteiger partial charge is 0.296 e. The van der Waals surface area contributed by atoms with Crippen LogP contribution in [0.2, 0.25) is 0 Å². The Morgan fingerprint density at radius 3 is 2.44 bits per heavy atom. The number of carbonyl (C=O) groups excluding carboxylic acids is 2. The van der Waals surface area contributed by atoms with Gasteiger partial charge in [-0.1, -0.05) is 24.3 Å². The number of morpholine rings is 1. The first-order chi connectivity index (χ1) is 18.8. The largest absolute Gasteiger partial charge is 0.378 e. The Morgan fingerprint density at radius 2 is 1.74 bits per heavy atom. The Bertz CT molecular complexity index is 1500. The molecular formula is C26H26F2N8O3. The van der Waals surface area contributed by atoms with Crippen LogP contribution in [0.5, 0.6) is 0 Å². The van der Waals surface area contributed by atoms with Crippen LogP contribution in [-0.2, 0) is 14.3 Å². The fourth-order valence-electron chi connectivity index (χ4n) is 4.29. The third-order valence-corrected chi connectivity index (χ3v) is 6.22. The molecule has 11 nitrogen and oxygen atoms in total. The van der Waals surface area contributed by atoms with E-state index >= 15 is 0 Å². The summed E-state index contributed by atoms with van der Waals surface area (Å²) in [7, 11) is 0. The van der Waals surface area contributed by atoms with E-state index in [4.69, 9.17) is 16.2 Å². The number of halogens is 2. The summed E-state index contributed by atoms with van der Waals surface area (Å²) in [6, 6.07) is 14.3. The fraction of sp³-hybridized carbons (Fsp3) is 0.269. The van der Waals surface area contributed by atoms with Crippen LogP contribution in [0.4, 0.5) is 20.3 Å². The molecule has 1 aliphatic heterocycles. The Hall–Kier alpha value is -4.49. The van der Waals surface area contributed by atoms with Crippen LogP contribution in [0.25, 0.3) is 28.2 Å². The molecule has 1 atom stereocenters. The number of primary amides is 1. The predicted octanol–water partition coefficient (Wildman–Crippen LogP) is 2.40. The van der Waals surface area contributed by atoms with Crippen LogP contribution in [0.15, 0.2) is 54.6 Å². The zero-order chi connectivity index (χ0) is 27.5. The molecule has 2 amide bonds. The minimum Gasteiger partial charge on any atom is -0.378 e. The van der Waals surface area contributed by atoms with Gasteiger partial charge in [-0.25, -0.2) is 18.7 Å². The number of ether oxygens (including phenoxy) is 1. The summed E-state index contributed by atoms with van der Waals surface area (Å²) in [5.41, 5.74) is 13.3. The molecule has 13 heteroatoms. The normalized spacial score (nSPS) is 14.5. The number of rotatable bonds is 8. The van der Waals surface area contributed by atoms with E-state index in [2.05, 4.69) is 20.3 Å². The van der Waals surface area contributed by atoms with Gasteiger partial charge in [-0.2, -0.15) is 4.98 Å². The summed E-state index contributed by atoms with van der Waals surface area (Å²) in [6.45, 7) is 2.19. The number of benzene rings is 2. The molecule has 2 aromatic heterocycles. The van der Waals surface area contributed by atoms with E-state index in [1.165, 1.54) is 4.57 Å². The van der Waals surface area contributed by atoms with Crippen LogP contribution in [0.1, 0.15) is 18.7 Å². The third-order valence-electron chi connectivity index (χ3n) is 6.22. The fourth-order valence-corrected chi connectivity index (χ4v) is 4.29. The summed E-state index contributed by atoms with van der Waals surface area (Å²) in [5, 5.41) is 2.64. The van der Waals surface area contributed by atoms with Crippen molar-refractivity contribution in [3.05, 3.63) is 60.4 Å². The average molecular weight is 537 g/mol. The second kappa shape index (κ2) is 11.1. The van der Waals surface area contributed by atoms with E-state index in [1.54, 1.807) is 54.6 Å². The molecule has 2 aromatic carbocycles. The molecule has 1 aliphatic rings. The van der Waals surface area contributed by atoms with Crippen molar-refractivity contribution < 1.29 is 23.1 Å². The van der Waals surface area contributed by atoms with Gasteiger partial charge in [0.15, 0.2) is 5.82 Å². The summed E-state index contributed by atoms with van der Waals surface area (Å²) in [5.74, 6) is -1.05. The molecule has 1 fully saturated rings. The maximum Gasteiger partial charge on any atom is 0.296 e. The first-order valence-corrected chi connectivity index (χ1v) is 12.2. The second-order valence-corrected chi connectivity index (χ2v) is 8.95. The number of alkyl halides is 2. The molecule has 0 bridgehead atoms. The van der Waals surface area contributed by atoms with Crippen molar-refractivity contribution in [2.75, 3.05) is 36.5 Å². The van der Waals surface area contributed by atoms with Gasteiger partial charge in [0.25, 0.3) is 6.43 Å². The van der Waals surface area contributed by atoms with E-state index in [0.29, 0.717) is 60.1 Å². The van der Waals surface area contributed by atoms with Crippen molar-refractivity contribution in [2.45, 2.75) is 18.9 Å². The SMILES string of the molecule is NC(=O)C[C@H](N)C(=O)Nc1ccc(-c2cc(N3CCOCC3)nc(-n3c(C(F)F)nc4ccccc43)n2)cc1. The zero-order valence-electron chi connectivity index (χ0n) is 20.8. The predicted molar refractivity (Wildman–Crippen MR) is 141 cm³/mol. The lowest BCUT2D eigenvalue weighted by atomic mass is 10.1. The molecule has 0 saturated carbocycles. The highest BCUT2D eigenvalue weighted by Gasteiger charge is 2.24. The van der Waals surface area contributed by atoms with Crippen LogP contribution in [0.3, 0.4) is 0 Å². The van der Waals surface area contributed by atoms with Gasteiger partial charge in [-0.15, -0.1) is 0 Å². The number of amides is 2. The highest BCUT2D eigenvalue weighted by molar-refractivity contribution is 5.97. The van der Waals surface area contributed by atoms with Crippen LogP contribution in [0, 0.1) is 0 Å². The Labute approximate surface area is 221 Å². The third kappa shape index (κ3) is 5.68. The number of imidazole rings is 1. The van der Waals surface area contributed by atoms with Crippen molar-refractivity contribution in [1.29, 1.82) is 0 Å². The number of anilines is 2. The van der Waals surface area contributed by atoms with Crippen molar-refractivity contribution in [1.82, 2.24) is 19.5 Å². The number of aromatic nitrogens is 4. The van der Waals surface area contributed by atoms with Crippen molar-refractivity contribution in [3.63, 3.8) is 0 Å². The molecule has 4 aromatic rings. The van der Waals surface area contributed by atoms with E-state index < -0.39 is 30.1 Å². The monoisotopic (exact) mass is 536 g/mol. The van der Waals surface area contributed by atoms with E-state index in [0.717, 1.165) is 0 Å². The minimum atomic E-state index is -2.85. The van der Waals surface area contributed by atoms with Crippen LogP contribution in [-0.4, -0.2) is 63.7 Å². The molecule has 0 radical (unpaired) electrons. The number of fused-ring (bicyclic) bond motifs is 1. The van der Waals surface area contributed by atoms with E-state index in [9.17, 15) is 18.4 Å². The number of hydrogen-bond donors (Lipinski definition) is 3. The maximum absolute atomic E-state index is 14.1. The van der Waals surface area contributed by atoms with Gasteiger partial charge < -0.3 is 26.4 Å². The standard InChI is InChI=1S/C26H26F2N8O3/c27-23(28)24-32-18-3-1-2-4-20(18)36(24)26-33-19(14-22(34-26)35-9-11-39-12-10-35)15-5-7-16(8-6-15)31-25(38)17(29)13-21(30)37/h1-8,14,17,23H,9-13,29H2,(H2,30,37)(H,31,38)/t17-/m0/s1. The van der Waals surface area contributed by atoms with Gasteiger partial charge in [0.1, 0.15) is 5.82 Å². The highest BCUT2D eigenvalue weighted by Crippen LogP contribution is 2.30. The van der Waals surface area contributed by atoms with Crippen LogP contribution >= 0.6 is 0 Å². The molecule has 0 aliphatic carbocycles. The van der Waals surface area contributed by atoms with Crippen molar-refractivity contribution in [3.8, 4) is 17.2 Å². The minimum absolute atomic E-state index is 0.0628. The lowest BCUT2D eigenvalue weighted by molar-refractivity contribution is -0.123. The van der Waals surface area contributed by atoms with Gasteiger partial charge in [-0.3, -0.25) is 14.2 Å². The maximum atomic E-state index is 14.1. The topological polar surface area (TPSA) is 154 Å². The molecular weight excluding hydrogens is 510 g/mol. The molecule has 1 saturated heterocycles. The highest BCUT2D eigenvalue weighted by atomic mass is 19.3. The molecule has 202 valence electrons. The molecule has 0 spiro atoms. The second-order valence-electron chi connectivity index (χ2n) is 8.95. The van der Waals surface area contributed by atoms with Crippen molar-refractivity contribution in [2.24, 2.45) is 11.5 Å². The summed E-state index contributed by atoms with van der Waals surface area (Å²) < 4.78 is 34.9. The number of nitrogens with two attached hydrogens (primary N) is 2. The zero-order valence-corrected chi connectivity index (χ0v) is 20.8. The van der Waals surface area contributed by atoms with Gasteiger partial charge in [0, 0.05) is 30.4 Å². The Balaban J connectivity index is 1.54. The number of hydrogen-bond acceptors (Lipinski definition) is 8. The van der Waals surface area contributed by atoms with Gasteiger partial charge in [-0.05, 0) is 24.3 Å². The number of nitrogens with zero attached hydrogens (tertiary/aromatic N) is 5.